The van der Waals surface area contributed by atoms with Crippen molar-refractivity contribution in [2.75, 3.05) is 43.1 Å². The Labute approximate surface area is 208 Å². The monoisotopic (exact) mass is 488 g/mol. The fourth-order valence-corrected chi connectivity index (χ4v) is 4.67. The van der Waals surface area contributed by atoms with Crippen LogP contribution in [0.15, 0.2) is 71.5 Å². The number of carbonyl (C=O) groups is 1. The number of hydrogen-bond donors (Lipinski definition) is 0. The number of nitrogens with zero attached hydrogens (tertiary/aromatic N) is 4. The molecule has 4 aromatic rings. The summed E-state index contributed by atoms with van der Waals surface area (Å²) in [5.74, 6) is 0.0819. The summed E-state index contributed by atoms with van der Waals surface area (Å²) in [5, 5.41) is 1.16. The van der Waals surface area contributed by atoms with Gasteiger partial charge in [-0.2, -0.15) is 0 Å². The van der Waals surface area contributed by atoms with Crippen LogP contribution in [-0.4, -0.2) is 48.8 Å². The van der Waals surface area contributed by atoms with E-state index >= 15 is 0 Å². The minimum Gasteiger partial charge on any atom is -0.465 e. The third kappa shape index (κ3) is 4.35. The number of fused-ring (bicyclic) bond motifs is 1. The van der Waals surface area contributed by atoms with E-state index in [0.717, 1.165) is 35.1 Å². The fourth-order valence-electron chi connectivity index (χ4n) is 4.41. The Morgan fingerprint density at radius 2 is 1.63 bits per heavy atom. The zero-order valence-electron chi connectivity index (χ0n) is 19.6. The van der Waals surface area contributed by atoms with E-state index in [1.54, 1.807) is 22.8 Å². The molecule has 1 fully saturated rings. The van der Waals surface area contributed by atoms with Crippen molar-refractivity contribution in [1.82, 2.24) is 9.55 Å². The van der Waals surface area contributed by atoms with Crippen LogP contribution in [0.5, 0.6) is 0 Å². The van der Waals surface area contributed by atoms with E-state index < -0.39 is 5.97 Å². The van der Waals surface area contributed by atoms with Crippen molar-refractivity contribution < 1.29 is 9.53 Å². The van der Waals surface area contributed by atoms with E-state index in [-0.39, 0.29) is 5.56 Å². The first-order valence-corrected chi connectivity index (χ1v) is 11.8. The molecule has 8 heteroatoms. The standard InChI is InChI=1S/C27H25ClN4O3/c1-18-7-10-20(11-8-18)32-25(33)21-12-9-19(26(34)35-2)17-23(21)29-27(32)31-15-13-30(14-16-31)24-6-4-3-5-22(24)28/h3-12,17H,13-16H2,1-2H3. The fraction of sp³-hybridized carbons (Fsp3) is 0.222. The number of halogens is 1. The number of rotatable bonds is 4. The molecule has 2 heterocycles. The third-order valence-corrected chi connectivity index (χ3v) is 6.64. The van der Waals surface area contributed by atoms with E-state index in [1.165, 1.54) is 7.11 Å². The van der Waals surface area contributed by atoms with Gasteiger partial charge in [0.05, 0.1) is 40.0 Å². The second-order valence-corrected chi connectivity index (χ2v) is 8.94. The van der Waals surface area contributed by atoms with Crippen LogP contribution >= 0.6 is 11.6 Å². The molecule has 1 aliphatic rings. The minimum absolute atomic E-state index is 0.182. The maximum absolute atomic E-state index is 13.7. The highest BCUT2D eigenvalue weighted by Gasteiger charge is 2.24. The molecule has 0 radical (unpaired) electrons. The summed E-state index contributed by atoms with van der Waals surface area (Å²) in [6.45, 7) is 4.79. The molecule has 7 nitrogen and oxygen atoms in total. The summed E-state index contributed by atoms with van der Waals surface area (Å²) in [5.41, 5.74) is 3.49. The van der Waals surface area contributed by atoms with Crippen LogP contribution in [0.4, 0.5) is 11.6 Å². The van der Waals surface area contributed by atoms with E-state index in [0.29, 0.717) is 35.5 Å². The van der Waals surface area contributed by atoms with Crippen LogP contribution in [-0.2, 0) is 4.74 Å². The van der Waals surface area contributed by atoms with Crippen molar-refractivity contribution in [1.29, 1.82) is 0 Å². The minimum atomic E-state index is -0.466. The largest absolute Gasteiger partial charge is 0.465 e. The number of para-hydroxylation sites is 1. The lowest BCUT2D eigenvalue weighted by atomic mass is 10.1. The number of aromatic nitrogens is 2. The molecule has 0 saturated carbocycles. The Kier molecular flexibility index (Phi) is 6.17. The second-order valence-electron chi connectivity index (χ2n) is 8.54. The Morgan fingerprint density at radius 1 is 0.943 bits per heavy atom. The lowest BCUT2D eigenvalue weighted by Crippen LogP contribution is -2.48. The van der Waals surface area contributed by atoms with Gasteiger partial charge in [-0.15, -0.1) is 0 Å². The van der Waals surface area contributed by atoms with Gasteiger partial charge in [0.2, 0.25) is 5.95 Å². The molecule has 1 saturated heterocycles. The molecule has 0 spiro atoms. The lowest BCUT2D eigenvalue weighted by molar-refractivity contribution is 0.0601. The number of carbonyl (C=O) groups excluding carboxylic acids is 1. The Hall–Kier alpha value is -3.84. The summed E-state index contributed by atoms with van der Waals surface area (Å²) >= 11 is 6.42. The first kappa shape index (κ1) is 22.9. The molecular formula is C27H25ClN4O3. The maximum Gasteiger partial charge on any atom is 0.337 e. The molecule has 1 aromatic heterocycles. The van der Waals surface area contributed by atoms with Crippen molar-refractivity contribution in [2.24, 2.45) is 0 Å². The Morgan fingerprint density at radius 3 is 2.31 bits per heavy atom. The number of anilines is 2. The van der Waals surface area contributed by atoms with Gasteiger partial charge in [-0.05, 0) is 49.4 Å². The van der Waals surface area contributed by atoms with Crippen molar-refractivity contribution >= 4 is 40.1 Å². The first-order valence-electron chi connectivity index (χ1n) is 11.4. The van der Waals surface area contributed by atoms with E-state index in [4.69, 9.17) is 21.3 Å². The molecule has 3 aromatic carbocycles. The molecule has 0 atom stereocenters. The van der Waals surface area contributed by atoms with Gasteiger partial charge in [0.1, 0.15) is 0 Å². The topological polar surface area (TPSA) is 67.7 Å². The van der Waals surface area contributed by atoms with E-state index in [9.17, 15) is 9.59 Å². The molecule has 0 amide bonds. The first-order chi connectivity index (χ1) is 17.0. The number of benzene rings is 3. The Bertz CT molecular complexity index is 1460. The molecule has 0 aliphatic carbocycles. The molecule has 0 unspecified atom stereocenters. The lowest BCUT2D eigenvalue weighted by Gasteiger charge is -2.37. The van der Waals surface area contributed by atoms with Crippen LogP contribution in [0, 0.1) is 6.92 Å². The zero-order valence-corrected chi connectivity index (χ0v) is 20.3. The summed E-state index contributed by atoms with van der Waals surface area (Å²) in [6.07, 6.45) is 0. The van der Waals surface area contributed by atoms with Crippen molar-refractivity contribution in [2.45, 2.75) is 6.92 Å². The second kappa shape index (κ2) is 9.43. The highest BCUT2D eigenvalue weighted by atomic mass is 35.5. The maximum atomic E-state index is 13.7. The van der Waals surface area contributed by atoms with Crippen LogP contribution in [0.3, 0.4) is 0 Å². The summed E-state index contributed by atoms with van der Waals surface area (Å²) in [4.78, 5) is 35.0. The number of esters is 1. The van der Waals surface area contributed by atoms with Gasteiger partial charge >= 0.3 is 5.97 Å². The molecular weight excluding hydrogens is 464 g/mol. The highest BCUT2D eigenvalue weighted by molar-refractivity contribution is 6.33. The van der Waals surface area contributed by atoms with Gasteiger partial charge in [-0.1, -0.05) is 41.4 Å². The summed E-state index contributed by atoms with van der Waals surface area (Å²) < 4.78 is 6.51. The van der Waals surface area contributed by atoms with Crippen LogP contribution in [0.1, 0.15) is 15.9 Å². The number of ether oxygens (including phenoxy) is 1. The van der Waals surface area contributed by atoms with Gasteiger partial charge in [-0.3, -0.25) is 4.79 Å². The van der Waals surface area contributed by atoms with Crippen molar-refractivity contribution in [3.63, 3.8) is 0 Å². The van der Waals surface area contributed by atoms with Gasteiger partial charge in [0, 0.05) is 26.2 Å². The zero-order chi connectivity index (χ0) is 24.5. The van der Waals surface area contributed by atoms with Crippen molar-refractivity contribution in [3.8, 4) is 5.69 Å². The smallest absolute Gasteiger partial charge is 0.337 e. The average molecular weight is 489 g/mol. The van der Waals surface area contributed by atoms with Gasteiger partial charge < -0.3 is 14.5 Å². The van der Waals surface area contributed by atoms with E-state index in [1.807, 2.05) is 55.5 Å². The predicted molar refractivity (Wildman–Crippen MR) is 139 cm³/mol. The van der Waals surface area contributed by atoms with E-state index in [2.05, 4.69) is 9.80 Å². The van der Waals surface area contributed by atoms with Crippen molar-refractivity contribution in [3.05, 3.63) is 93.2 Å². The number of hydrogen-bond acceptors (Lipinski definition) is 6. The number of aryl methyl sites for hydroxylation is 1. The quantitative estimate of drug-likeness (QED) is 0.395. The number of piperazine rings is 1. The summed E-state index contributed by atoms with van der Waals surface area (Å²) in [7, 11) is 1.33. The SMILES string of the molecule is COC(=O)c1ccc2c(=O)n(-c3ccc(C)cc3)c(N3CCN(c4ccccc4Cl)CC3)nc2c1. The Balaban J connectivity index is 1.59. The molecule has 0 bridgehead atoms. The van der Waals surface area contributed by atoms with Crippen LogP contribution in [0.2, 0.25) is 5.02 Å². The highest BCUT2D eigenvalue weighted by Crippen LogP contribution is 2.28. The average Bonchev–Trinajstić information content (AvgIpc) is 2.89. The van der Waals surface area contributed by atoms with Gasteiger partial charge in [0.25, 0.3) is 5.56 Å². The molecule has 0 N–H and O–H groups in total. The van der Waals surface area contributed by atoms with Gasteiger partial charge in [0.15, 0.2) is 0 Å². The van der Waals surface area contributed by atoms with Crippen LogP contribution in [0.25, 0.3) is 16.6 Å². The van der Waals surface area contributed by atoms with Gasteiger partial charge in [-0.25, -0.2) is 14.3 Å². The normalized spacial score (nSPS) is 13.8. The third-order valence-electron chi connectivity index (χ3n) is 6.32. The molecule has 178 valence electrons. The molecule has 1 aliphatic heterocycles. The predicted octanol–water partition coefficient (Wildman–Crippen LogP) is 4.46. The molecule has 35 heavy (non-hydrogen) atoms. The number of methoxy groups -OCH3 is 1. The molecule has 5 rings (SSSR count). The van der Waals surface area contributed by atoms with Crippen LogP contribution < -0.4 is 15.4 Å². The summed E-state index contributed by atoms with van der Waals surface area (Å²) in [6, 6.07) is 20.5.